The number of thiophene rings is 1. The summed E-state index contributed by atoms with van der Waals surface area (Å²) in [6, 6.07) is 7.87. The number of allylic oxidation sites excluding steroid dienone is 2. The van der Waals surface area contributed by atoms with Crippen molar-refractivity contribution in [3.63, 3.8) is 0 Å². The molecule has 23 heavy (non-hydrogen) atoms. The monoisotopic (exact) mass is 329 g/mol. The van der Waals surface area contributed by atoms with E-state index in [-0.39, 0.29) is 10.7 Å². The van der Waals surface area contributed by atoms with Crippen molar-refractivity contribution in [1.82, 2.24) is 0 Å². The summed E-state index contributed by atoms with van der Waals surface area (Å²) < 4.78 is 0. The first-order valence-corrected chi connectivity index (χ1v) is 7.51. The lowest BCUT2D eigenvalue weighted by Gasteiger charge is -2.15. The standard InChI is InChI=1S/C15H11N3O4S/c19-17(20)12-4-7-14-10(9-12)1-2-11(16-14)3-5-13-6-8-15(23-13)18(21)22/h1-4,6-9,16H,5H2/b11-3+. The van der Waals surface area contributed by atoms with Crippen molar-refractivity contribution >= 4 is 33.8 Å². The first-order valence-electron chi connectivity index (χ1n) is 6.70. The van der Waals surface area contributed by atoms with Gasteiger partial charge in [-0.2, -0.15) is 0 Å². The molecule has 1 aliphatic heterocycles. The Morgan fingerprint density at radius 1 is 1.09 bits per heavy atom. The zero-order chi connectivity index (χ0) is 16.4. The second kappa shape index (κ2) is 6.01. The van der Waals surface area contributed by atoms with Crippen LogP contribution in [0.5, 0.6) is 0 Å². The molecule has 116 valence electrons. The summed E-state index contributed by atoms with van der Waals surface area (Å²) in [4.78, 5) is 21.5. The van der Waals surface area contributed by atoms with Gasteiger partial charge in [-0.3, -0.25) is 20.2 Å². The van der Waals surface area contributed by atoms with Crippen LogP contribution in [0.25, 0.3) is 6.08 Å². The third-order valence-electron chi connectivity index (χ3n) is 3.32. The molecular weight excluding hydrogens is 318 g/mol. The van der Waals surface area contributed by atoms with Crippen molar-refractivity contribution in [3.05, 3.63) is 78.9 Å². The van der Waals surface area contributed by atoms with Crippen LogP contribution in [0.4, 0.5) is 16.4 Å². The average molecular weight is 329 g/mol. The summed E-state index contributed by atoms with van der Waals surface area (Å²) in [5, 5.41) is 24.7. The summed E-state index contributed by atoms with van der Waals surface area (Å²) in [6.45, 7) is 0. The topological polar surface area (TPSA) is 98.3 Å². The molecule has 0 radical (unpaired) electrons. The molecule has 0 aliphatic carbocycles. The maximum Gasteiger partial charge on any atom is 0.324 e. The molecule has 0 saturated heterocycles. The molecule has 0 fully saturated rings. The number of nitro benzene ring substituents is 1. The molecule has 0 spiro atoms. The van der Waals surface area contributed by atoms with Crippen LogP contribution >= 0.6 is 11.3 Å². The Kier molecular flexibility index (Phi) is 3.90. The minimum atomic E-state index is -0.427. The molecular formula is C15H11N3O4S. The van der Waals surface area contributed by atoms with Crippen molar-refractivity contribution < 1.29 is 9.85 Å². The third kappa shape index (κ3) is 3.27. The van der Waals surface area contributed by atoms with Crippen molar-refractivity contribution in [2.75, 3.05) is 5.32 Å². The van der Waals surface area contributed by atoms with E-state index in [1.165, 1.54) is 18.2 Å². The fraction of sp³-hybridized carbons (Fsp3) is 0.0667. The minimum Gasteiger partial charge on any atom is -0.355 e. The van der Waals surface area contributed by atoms with Crippen molar-refractivity contribution in [3.8, 4) is 0 Å². The van der Waals surface area contributed by atoms with Crippen molar-refractivity contribution in [2.24, 2.45) is 0 Å². The molecule has 0 atom stereocenters. The molecule has 0 unspecified atom stereocenters. The Morgan fingerprint density at radius 2 is 1.91 bits per heavy atom. The Bertz CT molecular complexity index is 854. The molecule has 2 aromatic rings. The van der Waals surface area contributed by atoms with E-state index in [0.29, 0.717) is 6.42 Å². The van der Waals surface area contributed by atoms with Gasteiger partial charge in [0.05, 0.1) is 9.85 Å². The molecule has 3 rings (SSSR count). The van der Waals surface area contributed by atoms with Crippen LogP contribution in [0, 0.1) is 20.2 Å². The lowest BCUT2D eigenvalue weighted by molar-refractivity contribution is -0.384. The summed E-state index contributed by atoms with van der Waals surface area (Å²) in [5.74, 6) is 0. The van der Waals surface area contributed by atoms with Gasteiger partial charge < -0.3 is 5.32 Å². The highest BCUT2D eigenvalue weighted by Crippen LogP contribution is 2.29. The minimum absolute atomic E-state index is 0.0496. The lowest BCUT2D eigenvalue weighted by Crippen LogP contribution is -2.04. The summed E-state index contributed by atoms with van der Waals surface area (Å²) in [6.07, 6.45) is 6.14. The van der Waals surface area contributed by atoms with Gasteiger partial charge in [-0.05, 0) is 18.2 Å². The van der Waals surface area contributed by atoms with Gasteiger partial charge in [-0.1, -0.05) is 23.5 Å². The number of nitrogens with one attached hydrogen (secondary N) is 1. The molecule has 2 heterocycles. The predicted molar refractivity (Wildman–Crippen MR) is 88.5 cm³/mol. The van der Waals surface area contributed by atoms with Crippen LogP contribution < -0.4 is 5.32 Å². The molecule has 0 saturated carbocycles. The highest BCUT2D eigenvalue weighted by atomic mass is 32.1. The number of hydrogen-bond donors (Lipinski definition) is 1. The van der Waals surface area contributed by atoms with Crippen LogP contribution in [0.3, 0.4) is 0 Å². The first-order chi connectivity index (χ1) is 11.0. The zero-order valence-electron chi connectivity index (χ0n) is 11.8. The van der Waals surface area contributed by atoms with Gasteiger partial charge >= 0.3 is 5.00 Å². The molecule has 1 aromatic carbocycles. The fourth-order valence-corrected chi connectivity index (χ4v) is 2.98. The van der Waals surface area contributed by atoms with Gasteiger partial charge in [0.15, 0.2) is 0 Å². The van der Waals surface area contributed by atoms with Crippen LogP contribution in [-0.2, 0) is 6.42 Å². The Balaban J connectivity index is 1.74. The van der Waals surface area contributed by atoms with Gasteiger partial charge in [0, 0.05) is 46.4 Å². The molecule has 1 aromatic heterocycles. The number of rotatable bonds is 4. The summed E-state index contributed by atoms with van der Waals surface area (Å²) in [7, 11) is 0. The molecule has 0 amide bonds. The number of nitrogens with zero attached hydrogens (tertiary/aromatic N) is 2. The number of hydrogen-bond acceptors (Lipinski definition) is 6. The van der Waals surface area contributed by atoms with E-state index in [2.05, 4.69) is 5.32 Å². The average Bonchev–Trinajstić information content (AvgIpc) is 3.01. The van der Waals surface area contributed by atoms with E-state index < -0.39 is 9.85 Å². The van der Waals surface area contributed by atoms with Crippen LogP contribution in [0.1, 0.15) is 10.4 Å². The highest BCUT2D eigenvalue weighted by molar-refractivity contribution is 7.15. The fourth-order valence-electron chi connectivity index (χ4n) is 2.20. The van der Waals surface area contributed by atoms with E-state index in [9.17, 15) is 20.2 Å². The summed E-state index contributed by atoms with van der Waals surface area (Å²) in [5.41, 5.74) is 2.44. The number of anilines is 1. The van der Waals surface area contributed by atoms with Gasteiger partial charge in [0.1, 0.15) is 0 Å². The normalized spacial score (nSPS) is 14.3. The largest absolute Gasteiger partial charge is 0.355 e. The Morgan fingerprint density at radius 3 is 2.61 bits per heavy atom. The first kappa shape index (κ1) is 14.9. The van der Waals surface area contributed by atoms with Crippen LogP contribution in [0.2, 0.25) is 0 Å². The quantitative estimate of drug-likeness (QED) is 0.671. The van der Waals surface area contributed by atoms with Crippen LogP contribution in [-0.4, -0.2) is 9.85 Å². The maximum atomic E-state index is 10.8. The molecule has 1 N–H and O–H groups in total. The number of fused-ring (bicyclic) bond motifs is 1. The van der Waals surface area contributed by atoms with E-state index in [4.69, 9.17) is 0 Å². The lowest BCUT2D eigenvalue weighted by atomic mass is 10.1. The maximum absolute atomic E-state index is 10.8. The van der Waals surface area contributed by atoms with Gasteiger partial charge in [-0.15, -0.1) is 0 Å². The van der Waals surface area contributed by atoms with Gasteiger partial charge in [0.25, 0.3) is 5.69 Å². The van der Waals surface area contributed by atoms with Gasteiger partial charge in [0.2, 0.25) is 0 Å². The smallest absolute Gasteiger partial charge is 0.324 e. The van der Waals surface area contributed by atoms with E-state index in [0.717, 1.165) is 33.2 Å². The second-order valence-corrected chi connectivity index (χ2v) is 5.99. The summed E-state index contributed by atoms with van der Waals surface area (Å²) >= 11 is 1.15. The number of non-ortho nitro benzene ring substituents is 1. The zero-order valence-corrected chi connectivity index (χ0v) is 12.6. The number of benzene rings is 1. The van der Waals surface area contributed by atoms with E-state index in [1.54, 1.807) is 12.1 Å². The molecule has 8 heteroatoms. The Hall–Kier alpha value is -3.00. The number of nitro groups is 2. The van der Waals surface area contributed by atoms with Crippen molar-refractivity contribution in [1.29, 1.82) is 0 Å². The molecule has 1 aliphatic rings. The van der Waals surface area contributed by atoms with E-state index >= 15 is 0 Å². The SMILES string of the molecule is O=[N+]([O-])c1ccc2c(c1)C=C/C(=C\Cc1ccc([N+](=O)[O-])s1)N2. The predicted octanol–water partition coefficient (Wildman–Crippen LogP) is 4.13. The van der Waals surface area contributed by atoms with E-state index in [1.807, 2.05) is 18.2 Å². The van der Waals surface area contributed by atoms with Gasteiger partial charge in [-0.25, -0.2) is 0 Å². The second-order valence-electron chi connectivity index (χ2n) is 4.85. The molecule has 7 nitrogen and oxygen atoms in total. The van der Waals surface area contributed by atoms with Crippen molar-refractivity contribution in [2.45, 2.75) is 6.42 Å². The van der Waals surface area contributed by atoms with Crippen LogP contribution in [0.15, 0.2) is 48.2 Å². The Labute approximate surface area is 134 Å². The third-order valence-corrected chi connectivity index (χ3v) is 4.38. The highest BCUT2D eigenvalue weighted by Gasteiger charge is 2.13. The molecule has 0 bridgehead atoms.